The Hall–Kier alpha value is -1.65. The molecular formula is C13H14ClN3O. The van der Waals surface area contributed by atoms with Gasteiger partial charge in [0.25, 0.3) is 0 Å². The molecule has 0 amide bonds. The lowest BCUT2D eigenvalue weighted by atomic mass is 10.2. The lowest BCUT2D eigenvalue weighted by Gasteiger charge is -2.18. The molecule has 0 aliphatic heterocycles. The highest BCUT2D eigenvalue weighted by molar-refractivity contribution is 6.31. The van der Waals surface area contributed by atoms with Gasteiger partial charge >= 0.3 is 0 Å². The number of rotatable bonds is 4. The second-order valence-electron chi connectivity index (χ2n) is 3.99. The molecule has 0 aliphatic rings. The Kier molecular flexibility index (Phi) is 4.12. The van der Waals surface area contributed by atoms with Crippen molar-refractivity contribution in [1.82, 2.24) is 10.2 Å². The van der Waals surface area contributed by atoms with Gasteiger partial charge in [-0.2, -0.15) is 5.10 Å². The first-order valence-corrected chi connectivity index (χ1v) is 5.96. The van der Waals surface area contributed by atoms with Crippen molar-refractivity contribution in [2.45, 2.75) is 13.2 Å². The van der Waals surface area contributed by atoms with E-state index in [9.17, 15) is 0 Å². The number of aromatic nitrogens is 2. The predicted molar refractivity (Wildman–Crippen MR) is 71.5 cm³/mol. The maximum Gasteiger partial charge on any atom is 0.151 e. The van der Waals surface area contributed by atoms with Crippen molar-refractivity contribution in [2.24, 2.45) is 0 Å². The third-order valence-electron chi connectivity index (χ3n) is 2.62. The van der Waals surface area contributed by atoms with Crippen LogP contribution in [0, 0.1) is 0 Å². The van der Waals surface area contributed by atoms with Crippen LogP contribution in [0.5, 0.6) is 0 Å². The summed E-state index contributed by atoms with van der Waals surface area (Å²) in [6, 6.07) is 11.3. The zero-order chi connectivity index (χ0) is 13.0. The summed E-state index contributed by atoms with van der Waals surface area (Å²) in [6.07, 6.45) is 0. The largest absolute Gasteiger partial charge is 0.390 e. The van der Waals surface area contributed by atoms with Crippen LogP contribution in [0.3, 0.4) is 0 Å². The first-order valence-electron chi connectivity index (χ1n) is 5.58. The highest BCUT2D eigenvalue weighted by Gasteiger charge is 2.06. The fourth-order valence-electron chi connectivity index (χ4n) is 1.60. The quantitative estimate of drug-likeness (QED) is 0.919. The van der Waals surface area contributed by atoms with E-state index in [2.05, 4.69) is 10.2 Å². The number of halogens is 1. The molecule has 0 spiro atoms. The fraction of sp³-hybridized carbons (Fsp3) is 0.231. The summed E-state index contributed by atoms with van der Waals surface area (Å²) < 4.78 is 0. The second-order valence-corrected chi connectivity index (χ2v) is 4.40. The number of hydrogen-bond acceptors (Lipinski definition) is 4. The van der Waals surface area contributed by atoms with E-state index in [1.54, 1.807) is 6.07 Å². The van der Waals surface area contributed by atoms with Crippen molar-refractivity contribution in [3.05, 3.63) is 52.7 Å². The van der Waals surface area contributed by atoms with Crippen LogP contribution in [-0.4, -0.2) is 22.4 Å². The van der Waals surface area contributed by atoms with Crippen LogP contribution < -0.4 is 4.90 Å². The van der Waals surface area contributed by atoms with E-state index in [1.807, 2.05) is 42.3 Å². The highest BCUT2D eigenvalue weighted by atomic mass is 35.5. The van der Waals surface area contributed by atoms with Gasteiger partial charge in [-0.25, -0.2) is 0 Å². The molecule has 0 aliphatic carbocycles. The monoisotopic (exact) mass is 263 g/mol. The van der Waals surface area contributed by atoms with Crippen molar-refractivity contribution >= 4 is 17.4 Å². The first-order chi connectivity index (χ1) is 8.70. The number of benzene rings is 1. The summed E-state index contributed by atoms with van der Waals surface area (Å²) in [4.78, 5) is 1.95. The molecule has 0 saturated heterocycles. The van der Waals surface area contributed by atoms with Crippen LogP contribution in [-0.2, 0) is 13.2 Å². The molecule has 1 aromatic carbocycles. The summed E-state index contributed by atoms with van der Waals surface area (Å²) >= 11 is 6.11. The summed E-state index contributed by atoms with van der Waals surface area (Å²) in [7, 11) is 1.92. The minimum absolute atomic E-state index is 0.0957. The first kappa shape index (κ1) is 12.8. The predicted octanol–water partition coefficient (Wildman–Crippen LogP) is 2.26. The molecule has 0 radical (unpaired) electrons. The van der Waals surface area contributed by atoms with Crippen LogP contribution in [0.1, 0.15) is 11.3 Å². The van der Waals surface area contributed by atoms with E-state index < -0.39 is 0 Å². The summed E-state index contributed by atoms with van der Waals surface area (Å²) in [5, 5.41) is 17.6. The Morgan fingerprint density at radius 3 is 2.56 bits per heavy atom. The third-order valence-corrected chi connectivity index (χ3v) is 2.99. The van der Waals surface area contributed by atoms with Crippen molar-refractivity contribution in [2.75, 3.05) is 11.9 Å². The van der Waals surface area contributed by atoms with Gasteiger partial charge in [-0.3, -0.25) is 0 Å². The molecule has 0 bridgehead atoms. The average Bonchev–Trinajstić information content (AvgIpc) is 2.41. The van der Waals surface area contributed by atoms with Gasteiger partial charge in [-0.05, 0) is 23.8 Å². The Labute approximate surface area is 111 Å². The molecular weight excluding hydrogens is 250 g/mol. The molecule has 2 aromatic rings. The van der Waals surface area contributed by atoms with Crippen LogP contribution in [0.2, 0.25) is 5.02 Å². The van der Waals surface area contributed by atoms with Gasteiger partial charge in [0, 0.05) is 18.6 Å². The standard InChI is InChI=1S/C13H14ClN3O/c1-17(8-10-4-2-3-5-12(10)14)13-7-6-11(9-18)15-16-13/h2-7,18H,8-9H2,1H3. The fourth-order valence-corrected chi connectivity index (χ4v) is 1.80. The van der Waals surface area contributed by atoms with E-state index in [1.165, 1.54) is 0 Å². The molecule has 1 N–H and O–H groups in total. The molecule has 2 rings (SSSR count). The van der Waals surface area contributed by atoms with E-state index >= 15 is 0 Å². The lowest BCUT2D eigenvalue weighted by molar-refractivity contribution is 0.275. The maximum absolute atomic E-state index is 8.91. The van der Waals surface area contributed by atoms with E-state index in [0.717, 1.165) is 16.4 Å². The Morgan fingerprint density at radius 2 is 1.94 bits per heavy atom. The number of anilines is 1. The molecule has 5 heteroatoms. The van der Waals surface area contributed by atoms with Crippen LogP contribution in [0.15, 0.2) is 36.4 Å². The van der Waals surface area contributed by atoms with Gasteiger partial charge in [0.1, 0.15) is 0 Å². The molecule has 0 fully saturated rings. The lowest BCUT2D eigenvalue weighted by Crippen LogP contribution is -2.18. The zero-order valence-corrected chi connectivity index (χ0v) is 10.8. The van der Waals surface area contributed by atoms with Gasteiger partial charge < -0.3 is 10.0 Å². The molecule has 1 aromatic heterocycles. The van der Waals surface area contributed by atoms with Crippen LogP contribution in [0.25, 0.3) is 0 Å². The third kappa shape index (κ3) is 2.97. The van der Waals surface area contributed by atoms with Crippen molar-refractivity contribution in [1.29, 1.82) is 0 Å². The zero-order valence-electron chi connectivity index (χ0n) is 10.0. The summed E-state index contributed by atoms with van der Waals surface area (Å²) in [5.74, 6) is 0.743. The number of aliphatic hydroxyl groups is 1. The average molecular weight is 264 g/mol. The minimum Gasteiger partial charge on any atom is -0.390 e. The minimum atomic E-state index is -0.0957. The molecule has 18 heavy (non-hydrogen) atoms. The normalized spacial score (nSPS) is 10.4. The van der Waals surface area contributed by atoms with Crippen molar-refractivity contribution < 1.29 is 5.11 Å². The number of nitrogens with zero attached hydrogens (tertiary/aromatic N) is 3. The van der Waals surface area contributed by atoms with E-state index in [-0.39, 0.29) is 6.61 Å². The Bertz CT molecular complexity index is 516. The van der Waals surface area contributed by atoms with Crippen molar-refractivity contribution in [3.8, 4) is 0 Å². The van der Waals surface area contributed by atoms with Crippen LogP contribution >= 0.6 is 11.6 Å². The topological polar surface area (TPSA) is 49.2 Å². The van der Waals surface area contributed by atoms with Gasteiger partial charge in [-0.15, -0.1) is 5.10 Å². The maximum atomic E-state index is 8.91. The second kappa shape index (κ2) is 5.80. The smallest absolute Gasteiger partial charge is 0.151 e. The van der Waals surface area contributed by atoms with Crippen LogP contribution in [0.4, 0.5) is 5.82 Å². The molecule has 0 saturated carbocycles. The molecule has 4 nitrogen and oxygen atoms in total. The molecule has 94 valence electrons. The van der Waals surface area contributed by atoms with Gasteiger partial charge in [0.2, 0.25) is 0 Å². The number of hydrogen-bond donors (Lipinski definition) is 1. The molecule has 0 atom stereocenters. The van der Waals surface area contributed by atoms with Gasteiger partial charge in [0.15, 0.2) is 5.82 Å². The molecule has 0 unspecified atom stereocenters. The SMILES string of the molecule is CN(Cc1ccccc1Cl)c1ccc(CO)nn1. The van der Waals surface area contributed by atoms with Gasteiger partial charge in [-0.1, -0.05) is 29.8 Å². The molecule has 1 heterocycles. The van der Waals surface area contributed by atoms with E-state index in [4.69, 9.17) is 16.7 Å². The van der Waals surface area contributed by atoms with E-state index in [0.29, 0.717) is 12.2 Å². The summed E-state index contributed by atoms with van der Waals surface area (Å²) in [6.45, 7) is 0.564. The van der Waals surface area contributed by atoms with Gasteiger partial charge in [0.05, 0.1) is 12.3 Å². The van der Waals surface area contributed by atoms with Crippen molar-refractivity contribution in [3.63, 3.8) is 0 Å². The number of aliphatic hydroxyl groups excluding tert-OH is 1. The Balaban J connectivity index is 2.11. The Morgan fingerprint density at radius 1 is 1.17 bits per heavy atom. The summed E-state index contributed by atoms with van der Waals surface area (Å²) in [5.41, 5.74) is 1.60. The highest BCUT2D eigenvalue weighted by Crippen LogP contribution is 2.18.